The number of aliphatic carboxylic acids is 1. The zero-order valence-electron chi connectivity index (χ0n) is 20.4. The molecule has 202 valence electrons. The number of hydrogen-bond donors (Lipinski definition) is 6. The molecule has 0 heterocycles. The summed E-state index contributed by atoms with van der Waals surface area (Å²) in [7, 11) is -0.0240. The van der Waals surface area contributed by atoms with Gasteiger partial charge in [-0.3, -0.25) is 19.5 Å². The molecule has 11 nitrogen and oxygen atoms in total. The van der Waals surface area contributed by atoms with E-state index < -0.39 is 32.3 Å². The lowest BCUT2D eigenvalue weighted by molar-refractivity contribution is -0.142. The number of nitrogens with one attached hydrogen (secondary N) is 4. The summed E-state index contributed by atoms with van der Waals surface area (Å²) in [6.07, 6.45) is 3.16. The van der Waals surface area contributed by atoms with E-state index in [4.69, 9.17) is 4.52 Å². The minimum absolute atomic E-state index is 0.0254. The average molecular weight is 531 g/mol. The minimum Gasteiger partial charge on any atom is -0.480 e. The van der Waals surface area contributed by atoms with Gasteiger partial charge in [-0.15, -0.1) is 0 Å². The van der Waals surface area contributed by atoms with Crippen molar-refractivity contribution in [3.8, 4) is 0 Å². The maximum Gasteiger partial charge on any atom is 0.326 e. The topological polar surface area (TPSA) is 166 Å². The zero-order valence-corrected chi connectivity index (χ0v) is 21.3. The lowest BCUT2D eigenvalue weighted by Crippen LogP contribution is -2.41. The number of carboxylic acids is 1. The molecule has 1 aromatic rings. The predicted molar refractivity (Wildman–Crippen MR) is 132 cm³/mol. The number of carbonyl (C=O) groups is 4. The van der Waals surface area contributed by atoms with E-state index in [-0.39, 0.29) is 31.1 Å². The van der Waals surface area contributed by atoms with E-state index >= 15 is 0 Å². The molecule has 0 saturated carbocycles. The average Bonchev–Trinajstić information content (AvgIpc) is 2.85. The van der Waals surface area contributed by atoms with Gasteiger partial charge < -0.3 is 30.5 Å². The molecule has 0 aliphatic heterocycles. The van der Waals surface area contributed by atoms with Gasteiger partial charge in [-0.1, -0.05) is 6.42 Å². The molecule has 0 spiro atoms. The summed E-state index contributed by atoms with van der Waals surface area (Å²) in [5.74, 6) is -2.65. The Bertz CT molecular complexity index is 829. The standard InChI is InChI=1S/C23H36FN4O7P/c1-25-36(34)35-16-6-5-14-26-20(29)13-12-19(23(32)33)28-21(30)7-3-2-4-15-27-22(31)17-8-10-18(24)11-9-17/h8-11,19,25,34H,2-7,12-16H2,1H3,(H,26,29)(H,27,31)(H,28,30)(H,32,33). The highest BCUT2D eigenvalue weighted by Gasteiger charge is 2.20. The largest absolute Gasteiger partial charge is 0.480 e. The molecular formula is C23H36FN4O7P. The summed E-state index contributed by atoms with van der Waals surface area (Å²) in [4.78, 5) is 56.6. The van der Waals surface area contributed by atoms with Crippen molar-refractivity contribution in [2.45, 2.75) is 57.4 Å². The third kappa shape index (κ3) is 14.7. The van der Waals surface area contributed by atoms with E-state index in [2.05, 4.69) is 21.0 Å². The van der Waals surface area contributed by atoms with E-state index in [1.807, 2.05) is 0 Å². The maximum atomic E-state index is 12.9. The molecule has 36 heavy (non-hydrogen) atoms. The third-order valence-electron chi connectivity index (χ3n) is 5.06. The smallest absolute Gasteiger partial charge is 0.326 e. The molecule has 2 unspecified atom stereocenters. The Morgan fingerprint density at radius 1 is 0.944 bits per heavy atom. The highest BCUT2D eigenvalue weighted by Crippen LogP contribution is 2.24. The van der Waals surface area contributed by atoms with Crippen molar-refractivity contribution in [2.75, 3.05) is 26.7 Å². The molecule has 0 saturated heterocycles. The number of benzene rings is 1. The van der Waals surface area contributed by atoms with Crippen LogP contribution in [-0.2, 0) is 18.9 Å². The molecular weight excluding hydrogens is 494 g/mol. The van der Waals surface area contributed by atoms with Crippen molar-refractivity contribution in [2.24, 2.45) is 0 Å². The molecule has 1 rings (SSSR count). The first-order chi connectivity index (χ1) is 17.2. The molecule has 2 atom stereocenters. The Hall–Kier alpha value is -2.66. The fourth-order valence-corrected chi connectivity index (χ4v) is 3.48. The van der Waals surface area contributed by atoms with Gasteiger partial charge in [0.25, 0.3) is 14.4 Å². The SMILES string of the molecule is CNP(O)OCCCCNC(=O)CCC(NC(=O)CCCCCNC(=O)c1ccc(F)cc1)C(=O)O. The minimum atomic E-state index is -1.61. The molecule has 0 fully saturated rings. The highest BCUT2D eigenvalue weighted by molar-refractivity contribution is 7.43. The second-order valence-corrected chi connectivity index (χ2v) is 9.21. The number of halogens is 1. The van der Waals surface area contributed by atoms with E-state index in [9.17, 15) is 33.6 Å². The van der Waals surface area contributed by atoms with Gasteiger partial charge >= 0.3 is 5.97 Å². The van der Waals surface area contributed by atoms with Crippen molar-refractivity contribution in [1.82, 2.24) is 21.0 Å². The number of carbonyl (C=O) groups excluding carboxylic acids is 3. The molecule has 3 amide bonds. The maximum absolute atomic E-state index is 12.9. The molecule has 0 radical (unpaired) electrons. The highest BCUT2D eigenvalue weighted by atomic mass is 31.2. The quantitative estimate of drug-likeness (QED) is 0.116. The summed E-state index contributed by atoms with van der Waals surface area (Å²) in [6.45, 7) is 1.16. The predicted octanol–water partition coefficient (Wildman–Crippen LogP) is 1.82. The summed E-state index contributed by atoms with van der Waals surface area (Å²) in [5, 5.41) is 19.8. The summed E-state index contributed by atoms with van der Waals surface area (Å²) < 4.78 is 18.0. The number of unbranched alkanes of at least 4 members (excludes halogenated alkanes) is 3. The van der Waals surface area contributed by atoms with Crippen molar-refractivity contribution in [1.29, 1.82) is 0 Å². The second kappa shape index (κ2) is 18.6. The first-order valence-electron chi connectivity index (χ1n) is 11.8. The Kier molecular flexibility index (Phi) is 16.2. The van der Waals surface area contributed by atoms with Crippen LogP contribution in [-0.4, -0.2) is 66.5 Å². The fourth-order valence-electron chi connectivity index (χ4n) is 3.05. The van der Waals surface area contributed by atoms with Crippen LogP contribution < -0.4 is 21.0 Å². The van der Waals surface area contributed by atoms with Crippen molar-refractivity contribution in [3.05, 3.63) is 35.6 Å². The van der Waals surface area contributed by atoms with Gasteiger partial charge in [-0.05, 0) is 63.4 Å². The van der Waals surface area contributed by atoms with Crippen LogP contribution in [0.3, 0.4) is 0 Å². The molecule has 0 aromatic heterocycles. The van der Waals surface area contributed by atoms with Crippen LogP contribution in [0, 0.1) is 5.82 Å². The van der Waals surface area contributed by atoms with Crippen LogP contribution >= 0.6 is 8.53 Å². The van der Waals surface area contributed by atoms with E-state index in [0.29, 0.717) is 57.4 Å². The molecule has 0 aliphatic rings. The summed E-state index contributed by atoms with van der Waals surface area (Å²) in [5.41, 5.74) is 0.361. The number of carboxylic acid groups (broad SMARTS) is 1. The molecule has 13 heteroatoms. The van der Waals surface area contributed by atoms with Crippen LogP contribution in [0.2, 0.25) is 0 Å². The van der Waals surface area contributed by atoms with Crippen molar-refractivity contribution in [3.63, 3.8) is 0 Å². The van der Waals surface area contributed by atoms with Crippen LogP contribution in [0.25, 0.3) is 0 Å². The van der Waals surface area contributed by atoms with Gasteiger partial charge in [-0.25, -0.2) is 9.18 Å². The van der Waals surface area contributed by atoms with Crippen LogP contribution in [0.4, 0.5) is 4.39 Å². The normalized spacial score (nSPS) is 12.4. The monoisotopic (exact) mass is 530 g/mol. The zero-order chi connectivity index (χ0) is 26.8. The van der Waals surface area contributed by atoms with E-state index in [1.165, 1.54) is 24.3 Å². The van der Waals surface area contributed by atoms with Gasteiger partial charge in [0.05, 0.1) is 6.61 Å². The molecule has 0 bridgehead atoms. The van der Waals surface area contributed by atoms with Gasteiger partial charge in [0.1, 0.15) is 11.9 Å². The number of hydrogen-bond acceptors (Lipinski definition) is 7. The molecule has 0 aliphatic carbocycles. The first kappa shape index (κ1) is 31.4. The molecule has 6 N–H and O–H groups in total. The Morgan fingerprint density at radius 2 is 1.61 bits per heavy atom. The lowest BCUT2D eigenvalue weighted by Gasteiger charge is -2.14. The van der Waals surface area contributed by atoms with E-state index in [1.54, 1.807) is 7.05 Å². The van der Waals surface area contributed by atoms with E-state index in [0.717, 1.165) is 0 Å². The van der Waals surface area contributed by atoms with Crippen LogP contribution in [0.1, 0.15) is 61.7 Å². The first-order valence-corrected chi connectivity index (χ1v) is 13.1. The van der Waals surface area contributed by atoms with Crippen LogP contribution in [0.15, 0.2) is 24.3 Å². The molecule has 1 aromatic carbocycles. The van der Waals surface area contributed by atoms with Crippen LogP contribution in [0.5, 0.6) is 0 Å². The summed E-state index contributed by atoms with van der Waals surface area (Å²) >= 11 is 0. The summed E-state index contributed by atoms with van der Waals surface area (Å²) in [6, 6.07) is 4.06. The van der Waals surface area contributed by atoms with Gasteiger partial charge in [0, 0.05) is 31.5 Å². The van der Waals surface area contributed by atoms with Gasteiger partial charge in [-0.2, -0.15) is 0 Å². The third-order valence-corrected chi connectivity index (χ3v) is 5.87. The number of rotatable bonds is 19. The van der Waals surface area contributed by atoms with Gasteiger partial charge in [0.2, 0.25) is 11.8 Å². The Balaban J connectivity index is 2.14. The number of amides is 3. The Labute approximate surface area is 211 Å². The fraction of sp³-hybridized carbons (Fsp3) is 0.565. The van der Waals surface area contributed by atoms with Crippen molar-refractivity contribution < 1.29 is 38.1 Å². The second-order valence-electron chi connectivity index (χ2n) is 7.96. The lowest BCUT2D eigenvalue weighted by atomic mass is 10.1. The van der Waals surface area contributed by atoms with Crippen molar-refractivity contribution >= 4 is 32.2 Å². The Morgan fingerprint density at radius 3 is 2.28 bits per heavy atom. The van der Waals surface area contributed by atoms with Gasteiger partial charge in [0.15, 0.2) is 0 Å².